The van der Waals surface area contributed by atoms with E-state index >= 15 is 0 Å². The van der Waals surface area contributed by atoms with Crippen molar-refractivity contribution in [3.63, 3.8) is 0 Å². The fraction of sp³-hybridized carbons (Fsp3) is 0.938. The highest BCUT2D eigenvalue weighted by molar-refractivity contribution is 5.68. The van der Waals surface area contributed by atoms with Crippen LogP contribution in [0, 0.1) is 0 Å². The maximum atomic E-state index is 11.8. The first-order chi connectivity index (χ1) is 9.83. The molecule has 0 saturated heterocycles. The van der Waals surface area contributed by atoms with E-state index in [9.17, 15) is 9.90 Å². The third-order valence-electron chi connectivity index (χ3n) is 4.33. The molecule has 0 spiro atoms. The summed E-state index contributed by atoms with van der Waals surface area (Å²) in [5, 5.41) is 16.5. The fourth-order valence-corrected chi connectivity index (χ4v) is 3.35. The van der Waals surface area contributed by atoms with Crippen molar-refractivity contribution < 1.29 is 14.6 Å². The van der Waals surface area contributed by atoms with Crippen molar-refractivity contribution in [3.8, 4) is 0 Å². The molecule has 0 bridgehead atoms. The summed E-state index contributed by atoms with van der Waals surface area (Å²) in [6.07, 6.45) is 6.69. The molecule has 2 saturated carbocycles. The Morgan fingerprint density at radius 2 is 1.76 bits per heavy atom. The number of carbonyl (C=O) groups is 1. The van der Waals surface area contributed by atoms with Gasteiger partial charge in [0.1, 0.15) is 5.60 Å². The van der Waals surface area contributed by atoms with Gasteiger partial charge in [0, 0.05) is 18.1 Å². The third-order valence-corrected chi connectivity index (χ3v) is 4.33. The number of amides is 1. The van der Waals surface area contributed by atoms with Crippen LogP contribution in [0.2, 0.25) is 0 Å². The van der Waals surface area contributed by atoms with Gasteiger partial charge in [0.2, 0.25) is 0 Å². The Bertz CT molecular complexity index is 354. The quantitative estimate of drug-likeness (QED) is 0.748. The second kappa shape index (κ2) is 6.97. The van der Waals surface area contributed by atoms with E-state index in [-0.39, 0.29) is 24.3 Å². The van der Waals surface area contributed by atoms with Crippen molar-refractivity contribution in [1.82, 2.24) is 10.6 Å². The van der Waals surface area contributed by atoms with Crippen LogP contribution in [0.25, 0.3) is 0 Å². The molecule has 2 fully saturated rings. The molecule has 0 radical (unpaired) electrons. The zero-order valence-electron chi connectivity index (χ0n) is 13.5. The molecule has 0 aromatic rings. The SMILES string of the molecule is CC(C)(C)OC(=O)NC1CCC(NC2CCCCC2O)C1. The molecular formula is C16H30N2O3. The summed E-state index contributed by atoms with van der Waals surface area (Å²) < 4.78 is 5.29. The Balaban J connectivity index is 1.72. The Morgan fingerprint density at radius 1 is 1.10 bits per heavy atom. The number of alkyl carbamates (subject to hydrolysis) is 1. The molecule has 0 aromatic carbocycles. The topological polar surface area (TPSA) is 70.6 Å². The van der Waals surface area contributed by atoms with Crippen LogP contribution in [0.1, 0.15) is 65.7 Å². The highest BCUT2D eigenvalue weighted by atomic mass is 16.6. The normalized spacial score (nSPS) is 33.7. The van der Waals surface area contributed by atoms with E-state index in [4.69, 9.17) is 4.74 Å². The van der Waals surface area contributed by atoms with Gasteiger partial charge in [-0.3, -0.25) is 0 Å². The van der Waals surface area contributed by atoms with Crippen molar-refractivity contribution in [2.45, 2.75) is 95.5 Å². The summed E-state index contributed by atoms with van der Waals surface area (Å²) in [6, 6.07) is 0.796. The van der Waals surface area contributed by atoms with E-state index < -0.39 is 5.60 Å². The Kier molecular flexibility index (Phi) is 5.49. The molecule has 5 nitrogen and oxygen atoms in total. The zero-order chi connectivity index (χ0) is 15.5. The first-order valence-corrected chi connectivity index (χ1v) is 8.27. The molecule has 1 amide bonds. The van der Waals surface area contributed by atoms with Gasteiger partial charge in [-0.05, 0) is 52.9 Å². The van der Waals surface area contributed by atoms with E-state index in [1.165, 1.54) is 6.42 Å². The fourth-order valence-electron chi connectivity index (χ4n) is 3.35. The average molecular weight is 298 g/mol. The van der Waals surface area contributed by atoms with Gasteiger partial charge in [0.05, 0.1) is 6.10 Å². The lowest BCUT2D eigenvalue weighted by atomic mass is 9.92. The summed E-state index contributed by atoms with van der Waals surface area (Å²) in [5.41, 5.74) is -0.452. The number of aliphatic hydroxyl groups excluding tert-OH is 1. The lowest BCUT2D eigenvalue weighted by molar-refractivity contribution is 0.0503. The first kappa shape index (κ1) is 16.6. The van der Waals surface area contributed by atoms with Crippen LogP contribution in [0.5, 0.6) is 0 Å². The van der Waals surface area contributed by atoms with Crippen LogP contribution in [0.3, 0.4) is 0 Å². The van der Waals surface area contributed by atoms with Crippen molar-refractivity contribution in [2.24, 2.45) is 0 Å². The lowest BCUT2D eigenvalue weighted by Crippen LogP contribution is -2.47. The first-order valence-electron chi connectivity index (χ1n) is 8.27. The largest absolute Gasteiger partial charge is 0.444 e. The summed E-state index contributed by atoms with van der Waals surface area (Å²) >= 11 is 0. The smallest absolute Gasteiger partial charge is 0.407 e. The molecule has 4 unspecified atom stereocenters. The van der Waals surface area contributed by atoms with Crippen LogP contribution >= 0.6 is 0 Å². The van der Waals surface area contributed by atoms with Gasteiger partial charge in [-0.25, -0.2) is 4.79 Å². The van der Waals surface area contributed by atoms with Gasteiger partial charge in [0.25, 0.3) is 0 Å². The van der Waals surface area contributed by atoms with Gasteiger partial charge in [-0.15, -0.1) is 0 Å². The molecule has 4 atom stereocenters. The van der Waals surface area contributed by atoms with Gasteiger partial charge >= 0.3 is 6.09 Å². The van der Waals surface area contributed by atoms with Crippen molar-refractivity contribution in [2.75, 3.05) is 0 Å². The molecule has 0 aromatic heterocycles. The molecular weight excluding hydrogens is 268 g/mol. The number of hydrogen-bond acceptors (Lipinski definition) is 4. The molecule has 0 aliphatic heterocycles. The summed E-state index contributed by atoms with van der Waals surface area (Å²) in [4.78, 5) is 11.8. The molecule has 2 rings (SSSR count). The molecule has 5 heteroatoms. The minimum absolute atomic E-state index is 0.179. The second-order valence-corrected chi connectivity index (χ2v) is 7.48. The number of carbonyl (C=O) groups excluding carboxylic acids is 1. The van der Waals surface area contributed by atoms with E-state index in [0.717, 1.165) is 38.5 Å². The Hall–Kier alpha value is -0.810. The van der Waals surface area contributed by atoms with E-state index in [1.807, 2.05) is 20.8 Å². The Morgan fingerprint density at radius 3 is 2.43 bits per heavy atom. The van der Waals surface area contributed by atoms with Gasteiger partial charge < -0.3 is 20.5 Å². The number of aliphatic hydroxyl groups is 1. The van der Waals surface area contributed by atoms with Crippen molar-refractivity contribution in [1.29, 1.82) is 0 Å². The second-order valence-electron chi connectivity index (χ2n) is 7.48. The van der Waals surface area contributed by atoms with Crippen molar-refractivity contribution in [3.05, 3.63) is 0 Å². The maximum Gasteiger partial charge on any atom is 0.407 e. The van der Waals surface area contributed by atoms with E-state index in [1.54, 1.807) is 0 Å². The van der Waals surface area contributed by atoms with E-state index in [0.29, 0.717) is 6.04 Å². The van der Waals surface area contributed by atoms with Crippen LogP contribution in [-0.2, 0) is 4.74 Å². The zero-order valence-corrected chi connectivity index (χ0v) is 13.5. The van der Waals surface area contributed by atoms with Crippen LogP contribution in [0.15, 0.2) is 0 Å². The highest BCUT2D eigenvalue weighted by Crippen LogP contribution is 2.24. The molecule has 122 valence electrons. The van der Waals surface area contributed by atoms with Crippen LogP contribution in [0.4, 0.5) is 4.79 Å². The molecule has 3 N–H and O–H groups in total. The van der Waals surface area contributed by atoms with Crippen LogP contribution in [-0.4, -0.2) is 41.0 Å². The highest BCUT2D eigenvalue weighted by Gasteiger charge is 2.31. The third kappa shape index (κ3) is 5.47. The van der Waals surface area contributed by atoms with Gasteiger partial charge in [-0.1, -0.05) is 12.8 Å². The number of rotatable bonds is 3. The molecule has 2 aliphatic rings. The van der Waals surface area contributed by atoms with Gasteiger partial charge in [0.15, 0.2) is 0 Å². The monoisotopic (exact) mass is 298 g/mol. The Labute approximate surface area is 127 Å². The molecule has 2 aliphatic carbocycles. The van der Waals surface area contributed by atoms with E-state index in [2.05, 4.69) is 10.6 Å². The van der Waals surface area contributed by atoms with Crippen LogP contribution < -0.4 is 10.6 Å². The van der Waals surface area contributed by atoms with Crippen molar-refractivity contribution >= 4 is 6.09 Å². The van der Waals surface area contributed by atoms with Gasteiger partial charge in [-0.2, -0.15) is 0 Å². The lowest BCUT2D eigenvalue weighted by Gasteiger charge is -2.31. The average Bonchev–Trinajstić information content (AvgIpc) is 2.77. The summed E-state index contributed by atoms with van der Waals surface area (Å²) in [5.74, 6) is 0. The maximum absolute atomic E-state index is 11.8. The number of hydrogen-bond donors (Lipinski definition) is 3. The summed E-state index contributed by atoms with van der Waals surface area (Å²) in [6.45, 7) is 5.61. The number of ether oxygens (including phenoxy) is 1. The summed E-state index contributed by atoms with van der Waals surface area (Å²) in [7, 11) is 0. The predicted molar refractivity (Wildman–Crippen MR) is 82.2 cm³/mol. The molecule has 21 heavy (non-hydrogen) atoms. The minimum atomic E-state index is -0.452. The minimum Gasteiger partial charge on any atom is -0.444 e. The number of nitrogens with one attached hydrogen (secondary N) is 2. The predicted octanol–water partition coefficient (Wildman–Crippen LogP) is 2.33. The standard InChI is InChI=1S/C16H30N2O3/c1-16(2,3)21-15(20)18-12-9-8-11(10-12)17-13-6-4-5-7-14(13)19/h11-14,17,19H,4-10H2,1-3H3,(H,18,20). The molecule has 0 heterocycles.